The van der Waals surface area contributed by atoms with Gasteiger partial charge in [0.05, 0.1) is 19.3 Å². The van der Waals surface area contributed by atoms with E-state index in [1.807, 2.05) is 31.9 Å². The Morgan fingerprint density at radius 3 is 2.45 bits per heavy atom. The van der Waals surface area contributed by atoms with E-state index in [2.05, 4.69) is 6.07 Å². The van der Waals surface area contributed by atoms with Crippen LogP contribution < -0.4 is 0 Å². The number of hydrogen-bond donors (Lipinski definition) is 1. The van der Waals surface area contributed by atoms with E-state index in [4.69, 9.17) is 14.4 Å². The van der Waals surface area contributed by atoms with Crippen LogP contribution in [0.15, 0.2) is 17.9 Å². The topological polar surface area (TPSA) is 71.5 Å². The monoisotopic (exact) mass is 402 g/mol. The third-order valence-electron chi connectivity index (χ3n) is 6.49. The number of hydrogen-bond acceptors (Lipinski definition) is 6. The third-order valence-corrected chi connectivity index (χ3v) is 6.49. The quantitative estimate of drug-likeness (QED) is 0.834. The summed E-state index contributed by atoms with van der Waals surface area (Å²) in [7, 11) is 1.64. The first-order valence-electron chi connectivity index (χ1n) is 10.3. The average Bonchev–Trinajstić information content (AvgIpc) is 3.28. The fraction of sp³-hybridized carbons (Fsp3) is 0.591. The smallest absolute Gasteiger partial charge is 0.282 e. The summed E-state index contributed by atoms with van der Waals surface area (Å²) in [5.41, 5.74) is 3.43. The Hall–Kier alpha value is -1.93. The van der Waals surface area contributed by atoms with Crippen LogP contribution in [-0.4, -0.2) is 59.8 Å². The number of piperidine rings is 1. The maximum absolute atomic E-state index is 13.6. The second-order valence-electron chi connectivity index (χ2n) is 8.27. The summed E-state index contributed by atoms with van der Waals surface area (Å²) in [6, 6.07) is 4.05. The van der Waals surface area contributed by atoms with Crippen LogP contribution in [-0.2, 0) is 19.2 Å². The molecule has 1 N–H and O–H groups in total. The van der Waals surface area contributed by atoms with E-state index >= 15 is 0 Å². The zero-order chi connectivity index (χ0) is 20.8. The number of ether oxygens (including phenoxy) is 1. The van der Waals surface area contributed by atoms with Crippen LogP contribution in [0, 0.1) is 20.8 Å². The lowest BCUT2D eigenvalue weighted by Gasteiger charge is -2.43. The van der Waals surface area contributed by atoms with Gasteiger partial charge in [-0.15, -0.1) is 0 Å². The normalized spacial score (nSPS) is 24.9. The fourth-order valence-corrected chi connectivity index (χ4v) is 4.57. The largest absolute Gasteiger partial charge is 0.509 e. The summed E-state index contributed by atoms with van der Waals surface area (Å²) in [5.74, 6) is -0.196. The van der Waals surface area contributed by atoms with Crippen molar-refractivity contribution in [2.45, 2.75) is 58.3 Å². The summed E-state index contributed by atoms with van der Waals surface area (Å²) in [5, 5.41) is 14.7. The number of benzene rings is 1. The van der Waals surface area contributed by atoms with Crippen LogP contribution in [0.25, 0.3) is 5.57 Å². The molecule has 0 saturated carbocycles. The first-order valence-corrected chi connectivity index (χ1v) is 10.3. The number of aliphatic hydroxyl groups excluding tert-OH is 1. The van der Waals surface area contributed by atoms with Crippen molar-refractivity contribution >= 4 is 11.5 Å². The van der Waals surface area contributed by atoms with Gasteiger partial charge in [-0.05, 0) is 62.3 Å². The van der Waals surface area contributed by atoms with Crippen molar-refractivity contribution < 1.29 is 24.3 Å². The summed E-state index contributed by atoms with van der Waals surface area (Å²) < 4.78 is 5.62. The minimum Gasteiger partial charge on any atom is -0.509 e. The Labute approximate surface area is 171 Å². The Morgan fingerprint density at radius 1 is 1.14 bits per heavy atom. The Balaban J connectivity index is 1.76. The van der Waals surface area contributed by atoms with E-state index in [0.29, 0.717) is 38.1 Å². The minimum absolute atomic E-state index is 0.0996. The second-order valence-corrected chi connectivity index (χ2v) is 8.27. The van der Waals surface area contributed by atoms with Crippen LogP contribution >= 0.6 is 0 Å². The third kappa shape index (κ3) is 3.36. The lowest BCUT2D eigenvalue weighted by Crippen LogP contribution is -2.55. The van der Waals surface area contributed by atoms with Gasteiger partial charge in [0.15, 0.2) is 6.29 Å². The molecule has 0 aromatic heterocycles. The summed E-state index contributed by atoms with van der Waals surface area (Å²) in [6.07, 6.45) is 2.24. The molecule has 1 aromatic carbocycles. The minimum atomic E-state index is -0.890. The van der Waals surface area contributed by atoms with Crippen LogP contribution in [0.5, 0.6) is 0 Å². The number of amides is 1. The second kappa shape index (κ2) is 7.72. The number of aryl methyl sites for hydroxylation is 3. The number of rotatable bonds is 4. The molecule has 1 spiro atoms. The van der Waals surface area contributed by atoms with E-state index in [-0.39, 0.29) is 11.7 Å². The molecule has 2 saturated heterocycles. The maximum atomic E-state index is 13.6. The molecule has 1 amide bonds. The average molecular weight is 402 g/mol. The van der Waals surface area contributed by atoms with Gasteiger partial charge < -0.3 is 14.7 Å². The van der Waals surface area contributed by atoms with E-state index in [0.717, 1.165) is 35.1 Å². The molecule has 3 aliphatic heterocycles. The predicted octanol–water partition coefficient (Wildman–Crippen LogP) is 3.19. The standard InChI is InChI=1S/C22H30N2O5/c1-14-12-16(3)17(13-15(14)2)19-20(25)22(7-9-23(27-4)10-8-22)24(21(19)26)29-18-6-5-11-28-18/h12-13,18,25H,5-11H2,1-4H3. The first kappa shape index (κ1) is 20.3. The molecule has 4 rings (SSSR count). The van der Waals surface area contributed by atoms with Gasteiger partial charge in [0.1, 0.15) is 11.3 Å². The highest BCUT2D eigenvalue weighted by atomic mass is 16.8. The summed E-state index contributed by atoms with van der Waals surface area (Å²) in [4.78, 5) is 25.0. The molecule has 1 atom stereocenters. The SMILES string of the molecule is CON1CCC2(CC1)C(O)=C(c1cc(C)c(C)cc1C)C(=O)N2OC1CCCO1. The number of carbonyl (C=O) groups excluding carboxylic acids is 1. The van der Waals surface area contributed by atoms with Crippen molar-refractivity contribution in [3.8, 4) is 0 Å². The molecular formula is C22H30N2O5. The molecule has 7 nitrogen and oxygen atoms in total. The Morgan fingerprint density at radius 2 is 1.83 bits per heavy atom. The molecule has 0 bridgehead atoms. The zero-order valence-electron chi connectivity index (χ0n) is 17.7. The number of hydroxylamine groups is 4. The highest BCUT2D eigenvalue weighted by molar-refractivity contribution is 6.23. The molecule has 3 heterocycles. The Bertz CT molecular complexity index is 836. The molecular weight excluding hydrogens is 372 g/mol. The molecule has 1 unspecified atom stereocenters. The number of aliphatic hydroxyl groups is 1. The number of nitrogens with zero attached hydrogens (tertiary/aromatic N) is 2. The molecule has 2 fully saturated rings. The predicted molar refractivity (Wildman–Crippen MR) is 108 cm³/mol. The van der Waals surface area contributed by atoms with Crippen LogP contribution in [0.4, 0.5) is 0 Å². The van der Waals surface area contributed by atoms with Gasteiger partial charge in [0, 0.05) is 19.5 Å². The maximum Gasteiger partial charge on any atom is 0.282 e. The lowest BCUT2D eigenvalue weighted by atomic mass is 9.85. The molecule has 29 heavy (non-hydrogen) atoms. The van der Waals surface area contributed by atoms with Gasteiger partial charge in [-0.2, -0.15) is 5.06 Å². The number of carbonyl (C=O) groups is 1. The van der Waals surface area contributed by atoms with E-state index in [1.165, 1.54) is 5.06 Å². The lowest BCUT2D eigenvalue weighted by molar-refractivity contribution is -0.291. The van der Waals surface area contributed by atoms with Crippen LogP contribution in [0.1, 0.15) is 47.9 Å². The highest BCUT2D eigenvalue weighted by Crippen LogP contribution is 2.46. The summed E-state index contributed by atoms with van der Waals surface area (Å²) in [6.45, 7) is 7.85. The molecule has 1 aromatic rings. The van der Waals surface area contributed by atoms with Gasteiger partial charge in [-0.25, -0.2) is 9.90 Å². The first-order chi connectivity index (χ1) is 13.9. The molecule has 7 heteroatoms. The molecule has 3 aliphatic rings. The van der Waals surface area contributed by atoms with Crippen LogP contribution in [0.3, 0.4) is 0 Å². The highest BCUT2D eigenvalue weighted by Gasteiger charge is 2.56. The van der Waals surface area contributed by atoms with Crippen LogP contribution in [0.2, 0.25) is 0 Å². The Kier molecular flexibility index (Phi) is 5.42. The van der Waals surface area contributed by atoms with E-state index in [1.54, 1.807) is 7.11 Å². The van der Waals surface area contributed by atoms with Gasteiger partial charge in [-0.1, -0.05) is 12.1 Å². The van der Waals surface area contributed by atoms with Crippen molar-refractivity contribution in [1.29, 1.82) is 0 Å². The summed E-state index contributed by atoms with van der Waals surface area (Å²) >= 11 is 0. The van der Waals surface area contributed by atoms with Gasteiger partial charge in [0.25, 0.3) is 5.91 Å². The zero-order valence-corrected chi connectivity index (χ0v) is 17.7. The van der Waals surface area contributed by atoms with Gasteiger partial charge in [0.2, 0.25) is 0 Å². The van der Waals surface area contributed by atoms with E-state index in [9.17, 15) is 9.90 Å². The van der Waals surface area contributed by atoms with Crippen molar-refractivity contribution in [1.82, 2.24) is 10.1 Å². The van der Waals surface area contributed by atoms with E-state index < -0.39 is 11.8 Å². The molecule has 0 radical (unpaired) electrons. The van der Waals surface area contributed by atoms with Crippen molar-refractivity contribution in [2.75, 3.05) is 26.8 Å². The fourth-order valence-electron chi connectivity index (χ4n) is 4.57. The van der Waals surface area contributed by atoms with Crippen molar-refractivity contribution in [2.24, 2.45) is 0 Å². The molecule has 0 aliphatic carbocycles. The molecule has 158 valence electrons. The van der Waals surface area contributed by atoms with Crippen molar-refractivity contribution in [3.63, 3.8) is 0 Å². The van der Waals surface area contributed by atoms with Gasteiger partial charge >= 0.3 is 0 Å². The van der Waals surface area contributed by atoms with Crippen molar-refractivity contribution in [3.05, 3.63) is 40.1 Å². The van der Waals surface area contributed by atoms with Gasteiger partial charge in [-0.3, -0.25) is 4.79 Å².